The smallest absolute Gasteiger partial charge is 0.405 e. The third-order valence-electron chi connectivity index (χ3n) is 3.45. The number of rotatable bonds is 2. The molecule has 0 aromatic carbocycles. The summed E-state index contributed by atoms with van der Waals surface area (Å²) in [6, 6.07) is 2.07. The van der Waals surface area contributed by atoms with Gasteiger partial charge in [-0.25, -0.2) is 14.8 Å². The number of hydrogen-bond acceptors (Lipinski definition) is 6. The van der Waals surface area contributed by atoms with Gasteiger partial charge in [-0.2, -0.15) is 5.26 Å². The second-order valence-corrected chi connectivity index (χ2v) is 5.15. The Morgan fingerprint density at radius 1 is 1.55 bits per heavy atom. The van der Waals surface area contributed by atoms with Gasteiger partial charge >= 0.3 is 6.09 Å². The third-order valence-corrected chi connectivity index (χ3v) is 3.45. The number of piperidine rings is 1. The molecule has 0 bridgehead atoms. The van der Waals surface area contributed by atoms with Gasteiger partial charge in [0.05, 0.1) is 11.9 Å². The Labute approximate surface area is 117 Å². The number of amides is 1. The SMILES string of the molecule is Cc1cnc(N2CCC(C)(OC(N)=O)CC2)c(C#N)n1. The molecule has 1 amide bonds. The van der Waals surface area contributed by atoms with Crippen molar-refractivity contribution in [2.75, 3.05) is 18.0 Å². The van der Waals surface area contributed by atoms with Gasteiger partial charge in [0.2, 0.25) is 0 Å². The number of nitrogens with zero attached hydrogens (tertiary/aromatic N) is 4. The number of nitrogens with two attached hydrogens (primary N) is 1. The van der Waals surface area contributed by atoms with Crippen LogP contribution in [0.25, 0.3) is 0 Å². The maximum atomic E-state index is 10.9. The Hall–Kier alpha value is -2.36. The van der Waals surface area contributed by atoms with Crippen LogP contribution in [0.1, 0.15) is 31.2 Å². The topological polar surface area (TPSA) is 105 Å². The van der Waals surface area contributed by atoms with Gasteiger partial charge in [-0.05, 0) is 13.8 Å². The van der Waals surface area contributed by atoms with Crippen molar-refractivity contribution in [2.24, 2.45) is 5.73 Å². The molecule has 2 rings (SSSR count). The second kappa shape index (κ2) is 5.33. The molecule has 7 heteroatoms. The summed E-state index contributed by atoms with van der Waals surface area (Å²) in [5, 5.41) is 9.13. The highest BCUT2D eigenvalue weighted by Gasteiger charge is 2.34. The summed E-state index contributed by atoms with van der Waals surface area (Å²) < 4.78 is 5.15. The Bertz CT molecular complexity index is 558. The first-order valence-electron chi connectivity index (χ1n) is 6.41. The molecule has 1 aliphatic heterocycles. The normalized spacial score (nSPS) is 17.4. The first kappa shape index (κ1) is 14.1. The van der Waals surface area contributed by atoms with E-state index in [0.717, 1.165) is 0 Å². The molecule has 1 fully saturated rings. The fourth-order valence-electron chi connectivity index (χ4n) is 2.31. The van der Waals surface area contributed by atoms with Crippen LogP contribution in [-0.4, -0.2) is 34.8 Å². The lowest BCUT2D eigenvalue weighted by atomic mass is 9.93. The molecule has 0 radical (unpaired) electrons. The number of hydrogen-bond donors (Lipinski definition) is 1. The minimum absolute atomic E-state index is 0.324. The third kappa shape index (κ3) is 2.96. The molecule has 1 saturated heterocycles. The van der Waals surface area contributed by atoms with E-state index in [1.807, 2.05) is 11.8 Å². The summed E-state index contributed by atoms with van der Waals surface area (Å²) in [5.74, 6) is 0.583. The number of aryl methyl sites for hydroxylation is 1. The van der Waals surface area contributed by atoms with Crippen molar-refractivity contribution in [3.05, 3.63) is 17.6 Å². The summed E-state index contributed by atoms with van der Waals surface area (Å²) in [5.41, 5.74) is 5.56. The summed E-state index contributed by atoms with van der Waals surface area (Å²) in [6.45, 7) is 4.93. The molecule has 0 atom stereocenters. The van der Waals surface area contributed by atoms with Gasteiger partial charge in [0.15, 0.2) is 11.5 Å². The summed E-state index contributed by atoms with van der Waals surface area (Å²) in [7, 11) is 0. The number of aromatic nitrogens is 2. The molecule has 1 aromatic heterocycles. The summed E-state index contributed by atoms with van der Waals surface area (Å²) in [6.07, 6.45) is 2.16. The van der Waals surface area contributed by atoms with E-state index in [9.17, 15) is 4.79 Å². The second-order valence-electron chi connectivity index (χ2n) is 5.15. The lowest BCUT2D eigenvalue weighted by molar-refractivity contribution is 0.0126. The lowest BCUT2D eigenvalue weighted by Gasteiger charge is -2.38. The van der Waals surface area contributed by atoms with Gasteiger partial charge in [0.25, 0.3) is 0 Å². The van der Waals surface area contributed by atoms with Gasteiger partial charge < -0.3 is 15.4 Å². The molecule has 2 heterocycles. The standard InChI is InChI=1S/C13H17N5O2/c1-9-8-16-11(10(7-14)17-9)18-5-3-13(2,4-6-18)20-12(15)19/h8H,3-6H2,1-2H3,(H2,15,19). The van der Waals surface area contributed by atoms with Crippen molar-refractivity contribution in [2.45, 2.75) is 32.3 Å². The molecule has 7 nitrogen and oxygen atoms in total. The average molecular weight is 275 g/mol. The zero-order valence-corrected chi connectivity index (χ0v) is 11.6. The van der Waals surface area contributed by atoms with Crippen LogP contribution in [0.4, 0.5) is 10.6 Å². The van der Waals surface area contributed by atoms with Crippen molar-refractivity contribution < 1.29 is 9.53 Å². The molecule has 0 aliphatic carbocycles. The van der Waals surface area contributed by atoms with Gasteiger partial charge in [-0.3, -0.25) is 0 Å². The number of primary amides is 1. The Morgan fingerprint density at radius 2 is 2.20 bits per heavy atom. The summed E-state index contributed by atoms with van der Waals surface area (Å²) >= 11 is 0. The van der Waals surface area contributed by atoms with Gasteiger partial charge in [0, 0.05) is 25.9 Å². The van der Waals surface area contributed by atoms with E-state index in [0.29, 0.717) is 43.1 Å². The van der Waals surface area contributed by atoms with Crippen molar-refractivity contribution in [1.82, 2.24) is 9.97 Å². The van der Waals surface area contributed by atoms with E-state index in [-0.39, 0.29) is 0 Å². The van der Waals surface area contributed by atoms with Crippen LogP contribution in [0.2, 0.25) is 0 Å². The molecular formula is C13H17N5O2. The molecule has 2 N–H and O–H groups in total. The van der Waals surface area contributed by atoms with Crippen LogP contribution in [0.5, 0.6) is 0 Å². The fourth-order valence-corrected chi connectivity index (χ4v) is 2.31. The highest BCUT2D eigenvalue weighted by Crippen LogP contribution is 2.29. The van der Waals surface area contributed by atoms with Crippen molar-refractivity contribution in [3.8, 4) is 6.07 Å². The van der Waals surface area contributed by atoms with Crippen LogP contribution in [0, 0.1) is 18.3 Å². The highest BCUT2D eigenvalue weighted by atomic mass is 16.6. The van der Waals surface area contributed by atoms with Crippen molar-refractivity contribution in [3.63, 3.8) is 0 Å². The van der Waals surface area contributed by atoms with E-state index in [2.05, 4.69) is 16.0 Å². The summed E-state index contributed by atoms with van der Waals surface area (Å²) in [4.78, 5) is 21.3. The first-order valence-corrected chi connectivity index (χ1v) is 6.41. The fraction of sp³-hybridized carbons (Fsp3) is 0.538. The van der Waals surface area contributed by atoms with E-state index >= 15 is 0 Å². The van der Waals surface area contributed by atoms with Crippen LogP contribution in [0.15, 0.2) is 6.20 Å². The number of ether oxygens (including phenoxy) is 1. The Morgan fingerprint density at radius 3 is 2.75 bits per heavy atom. The largest absolute Gasteiger partial charge is 0.443 e. The highest BCUT2D eigenvalue weighted by molar-refractivity contribution is 5.65. The van der Waals surface area contributed by atoms with E-state index in [1.165, 1.54) is 0 Å². The quantitative estimate of drug-likeness (QED) is 0.866. The predicted octanol–water partition coefficient (Wildman–Crippen LogP) is 1.11. The first-order chi connectivity index (χ1) is 9.43. The number of carbonyl (C=O) groups excluding carboxylic acids is 1. The predicted molar refractivity (Wildman–Crippen MR) is 72.0 cm³/mol. The van der Waals surface area contributed by atoms with Crippen molar-refractivity contribution >= 4 is 11.9 Å². The number of anilines is 1. The molecule has 0 unspecified atom stereocenters. The number of nitriles is 1. The van der Waals surface area contributed by atoms with Crippen LogP contribution in [0.3, 0.4) is 0 Å². The number of carbonyl (C=O) groups is 1. The van der Waals surface area contributed by atoms with Crippen LogP contribution < -0.4 is 10.6 Å². The average Bonchev–Trinajstić information content (AvgIpc) is 2.38. The van der Waals surface area contributed by atoms with Crippen LogP contribution in [-0.2, 0) is 4.74 Å². The minimum Gasteiger partial charge on any atom is -0.443 e. The molecule has 1 aromatic rings. The lowest BCUT2D eigenvalue weighted by Crippen LogP contribution is -2.46. The van der Waals surface area contributed by atoms with Crippen LogP contribution >= 0.6 is 0 Å². The molecule has 0 saturated carbocycles. The van der Waals surface area contributed by atoms with E-state index < -0.39 is 11.7 Å². The monoisotopic (exact) mass is 275 g/mol. The molecule has 20 heavy (non-hydrogen) atoms. The molecule has 0 spiro atoms. The maximum absolute atomic E-state index is 10.9. The van der Waals surface area contributed by atoms with Crippen molar-refractivity contribution in [1.29, 1.82) is 5.26 Å². The zero-order valence-electron chi connectivity index (χ0n) is 11.6. The van der Waals surface area contributed by atoms with E-state index in [4.69, 9.17) is 15.7 Å². The minimum atomic E-state index is -0.756. The van der Waals surface area contributed by atoms with Gasteiger partial charge in [-0.15, -0.1) is 0 Å². The molecular weight excluding hydrogens is 258 g/mol. The maximum Gasteiger partial charge on any atom is 0.405 e. The van der Waals surface area contributed by atoms with Gasteiger partial charge in [-0.1, -0.05) is 0 Å². The Balaban J connectivity index is 2.12. The van der Waals surface area contributed by atoms with E-state index in [1.54, 1.807) is 13.1 Å². The van der Waals surface area contributed by atoms with Gasteiger partial charge in [0.1, 0.15) is 11.7 Å². The molecule has 1 aliphatic rings. The molecule has 106 valence electrons. The zero-order chi connectivity index (χ0) is 14.8. The Kier molecular flexibility index (Phi) is 3.74.